The molecule has 4 saturated carbocycles. The van der Waals surface area contributed by atoms with Crippen LogP contribution in [-0.2, 0) is 25.7 Å². The quantitative estimate of drug-likeness (QED) is 0.345. The molecule has 0 bridgehead atoms. The first-order chi connectivity index (χ1) is 20.6. The van der Waals surface area contributed by atoms with E-state index >= 15 is 0 Å². The van der Waals surface area contributed by atoms with Crippen molar-refractivity contribution in [2.75, 3.05) is 0 Å². The highest BCUT2D eigenvalue weighted by molar-refractivity contribution is 6.06. The number of carbonyl (C=O) groups is 3. The average molecular weight is 602 g/mol. The molecule has 4 fully saturated rings. The van der Waals surface area contributed by atoms with Crippen LogP contribution in [0.5, 0.6) is 0 Å². The maximum atomic E-state index is 14.3. The Morgan fingerprint density at radius 1 is 0.886 bits per heavy atom. The van der Waals surface area contributed by atoms with Crippen molar-refractivity contribution in [2.45, 2.75) is 126 Å². The first-order valence-electron chi connectivity index (χ1n) is 17.4. The molecule has 8 atom stereocenters. The lowest BCUT2D eigenvalue weighted by Gasteiger charge is -2.72. The number of hydrogen-bond acceptors (Lipinski definition) is 4. The second-order valence-corrected chi connectivity index (χ2v) is 16.9. The topological polar surface area (TPSA) is 72.5 Å². The van der Waals surface area contributed by atoms with E-state index < -0.39 is 5.41 Å². The summed E-state index contributed by atoms with van der Waals surface area (Å²) in [6.45, 7) is 18.7. The molecule has 6 rings (SSSR count). The van der Waals surface area contributed by atoms with Gasteiger partial charge in [0, 0.05) is 25.3 Å². The van der Waals surface area contributed by atoms with Crippen molar-refractivity contribution >= 4 is 17.7 Å². The number of fused-ring (bicyclic) bond motifs is 7. The number of allylic oxidation sites excluding steroid dienone is 1. The number of esters is 1. The van der Waals surface area contributed by atoms with E-state index in [-0.39, 0.29) is 57.3 Å². The van der Waals surface area contributed by atoms with E-state index in [9.17, 15) is 14.4 Å². The van der Waals surface area contributed by atoms with Crippen LogP contribution in [0.25, 0.3) is 0 Å². The van der Waals surface area contributed by atoms with E-state index in [2.05, 4.69) is 53.8 Å². The van der Waals surface area contributed by atoms with Gasteiger partial charge >= 0.3 is 5.97 Å². The Balaban J connectivity index is 1.36. The Hall–Kier alpha value is -2.43. The molecule has 1 N–H and O–H groups in total. The Kier molecular flexibility index (Phi) is 7.57. The van der Waals surface area contributed by atoms with Gasteiger partial charge in [0.15, 0.2) is 5.78 Å². The zero-order valence-corrected chi connectivity index (χ0v) is 28.5. The van der Waals surface area contributed by atoms with E-state index in [1.165, 1.54) is 5.57 Å². The zero-order chi connectivity index (χ0) is 31.9. The number of carbonyl (C=O) groups excluding carboxylic acids is 3. The van der Waals surface area contributed by atoms with Gasteiger partial charge in [0.25, 0.3) is 0 Å². The third-order valence-electron chi connectivity index (χ3n) is 14.4. The van der Waals surface area contributed by atoms with Crippen molar-refractivity contribution < 1.29 is 19.1 Å². The maximum absolute atomic E-state index is 14.3. The normalized spacial score (nSPS) is 40.9. The molecule has 5 aliphatic carbocycles. The second kappa shape index (κ2) is 10.6. The van der Waals surface area contributed by atoms with Crippen molar-refractivity contribution in [3.05, 3.63) is 47.0 Å². The Bertz CT molecular complexity index is 1380. The van der Waals surface area contributed by atoms with Gasteiger partial charge in [0.05, 0.1) is 5.41 Å². The van der Waals surface area contributed by atoms with Crippen LogP contribution < -0.4 is 5.32 Å². The highest BCUT2D eigenvalue weighted by Crippen LogP contribution is 2.76. The fourth-order valence-electron chi connectivity index (χ4n) is 12.2. The molecular formula is C39H55NO4. The molecule has 0 heterocycles. The highest BCUT2D eigenvalue weighted by atomic mass is 16.5. The standard InChI is InChI=1S/C39H55NO4/c1-24(2)32-28(42)22-39(34(43)40-23-26-12-10-9-11-13-26)21-20-37(7)27(33(32)39)14-15-30-36(6)18-17-31(44-25(3)41)35(4,5)29(36)16-19-38(30,37)8/h9-13,24,27,29-31H,14-23H2,1-8H3,(H,40,43)/t27-,29+,30-,31?,36+,37-,38-,39-/m1/s1. The second-order valence-electron chi connectivity index (χ2n) is 16.9. The summed E-state index contributed by atoms with van der Waals surface area (Å²) in [4.78, 5) is 40.2. The minimum atomic E-state index is -0.718. The number of nitrogens with one attached hydrogen (secondary N) is 1. The summed E-state index contributed by atoms with van der Waals surface area (Å²) in [7, 11) is 0. The molecule has 1 aromatic rings. The van der Waals surface area contributed by atoms with Gasteiger partial charge in [0.1, 0.15) is 6.10 Å². The monoisotopic (exact) mass is 601 g/mol. The van der Waals surface area contributed by atoms with Gasteiger partial charge in [-0.1, -0.05) is 78.8 Å². The summed E-state index contributed by atoms with van der Waals surface area (Å²) in [5.41, 5.74) is 2.77. The van der Waals surface area contributed by atoms with Crippen LogP contribution >= 0.6 is 0 Å². The fourth-order valence-corrected chi connectivity index (χ4v) is 12.2. The lowest BCUT2D eigenvalue weighted by molar-refractivity contribution is -0.232. The molecule has 5 nitrogen and oxygen atoms in total. The first-order valence-corrected chi connectivity index (χ1v) is 17.4. The van der Waals surface area contributed by atoms with Gasteiger partial charge in [-0.15, -0.1) is 0 Å². The summed E-state index contributed by atoms with van der Waals surface area (Å²) in [5.74, 6) is 1.50. The number of benzene rings is 1. The summed E-state index contributed by atoms with van der Waals surface area (Å²) in [6.07, 6.45) is 8.49. The number of Topliss-reactive ketones (excluding diaryl/α,β-unsaturated/α-hetero) is 1. The molecule has 240 valence electrons. The summed E-state index contributed by atoms with van der Waals surface area (Å²) >= 11 is 0. The number of ketones is 1. The van der Waals surface area contributed by atoms with E-state index in [1.54, 1.807) is 6.92 Å². The van der Waals surface area contributed by atoms with E-state index in [0.717, 1.165) is 62.5 Å². The minimum Gasteiger partial charge on any atom is -0.462 e. The van der Waals surface area contributed by atoms with Crippen molar-refractivity contribution in [1.82, 2.24) is 5.32 Å². The molecule has 44 heavy (non-hydrogen) atoms. The van der Waals surface area contributed by atoms with Crippen LogP contribution in [0.3, 0.4) is 0 Å². The predicted octanol–water partition coefficient (Wildman–Crippen LogP) is 8.22. The van der Waals surface area contributed by atoms with Gasteiger partial charge in [0.2, 0.25) is 5.91 Å². The summed E-state index contributed by atoms with van der Waals surface area (Å²) < 4.78 is 5.93. The van der Waals surface area contributed by atoms with E-state index in [1.807, 2.05) is 30.3 Å². The van der Waals surface area contributed by atoms with Crippen molar-refractivity contribution in [3.63, 3.8) is 0 Å². The lowest BCUT2D eigenvalue weighted by Crippen LogP contribution is -2.66. The number of ether oxygens (including phenoxy) is 1. The zero-order valence-electron chi connectivity index (χ0n) is 28.5. The van der Waals surface area contributed by atoms with Crippen LogP contribution in [0.4, 0.5) is 0 Å². The van der Waals surface area contributed by atoms with Crippen molar-refractivity contribution in [3.8, 4) is 0 Å². The van der Waals surface area contributed by atoms with Crippen molar-refractivity contribution in [2.24, 2.45) is 50.7 Å². The molecule has 1 aromatic carbocycles. The van der Waals surface area contributed by atoms with Gasteiger partial charge in [-0.2, -0.15) is 0 Å². The molecule has 5 heteroatoms. The van der Waals surface area contributed by atoms with Crippen LogP contribution in [0.1, 0.15) is 119 Å². The highest BCUT2D eigenvalue weighted by Gasteiger charge is 2.71. The number of rotatable bonds is 5. The van der Waals surface area contributed by atoms with Crippen molar-refractivity contribution in [1.29, 1.82) is 0 Å². The molecule has 0 saturated heterocycles. The maximum Gasteiger partial charge on any atom is 0.302 e. The molecule has 0 aliphatic heterocycles. The van der Waals surface area contributed by atoms with Gasteiger partial charge in [-0.3, -0.25) is 14.4 Å². The largest absolute Gasteiger partial charge is 0.462 e. The number of amides is 1. The van der Waals surface area contributed by atoms with Gasteiger partial charge in [-0.05, 0) is 108 Å². The fraction of sp³-hybridized carbons (Fsp3) is 0.718. The molecule has 1 amide bonds. The van der Waals surface area contributed by atoms with Crippen LogP contribution in [-0.4, -0.2) is 23.8 Å². The molecule has 1 unspecified atom stereocenters. The third-order valence-corrected chi connectivity index (χ3v) is 14.4. The molecule has 0 aromatic heterocycles. The lowest BCUT2D eigenvalue weighted by atomic mass is 9.33. The van der Waals surface area contributed by atoms with Crippen LogP contribution in [0, 0.1) is 50.7 Å². The molecular weight excluding hydrogens is 546 g/mol. The Morgan fingerprint density at radius 3 is 2.25 bits per heavy atom. The van der Waals surface area contributed by atoms with E-state index in [0.29, 0.717) is 24.8 Å². The Labute approximate surface area is 265 Å². The first kappa shape index (κ1) is 31.5. The smallest absolute Gasteiger partial charge is 0.302 e. The molecule has 5 aliphatic rings. The van der Waals surface area contributed by atoms with Gasteiger partial charge < -0.3 is 10.1 Å². The summed E-state index contributed by atoms with van der Waals surface area (Å²) in [5, 5.41) is 3.29. The van der Waals surface area contributed by atoms with Gasteiger partial charge in [-0.25, -0.2) is 0 Å². The third kappa shape index (κ3) is 4.33. The summed E-state index contributed by atoms with van der Waals surface area (Å²) in [6, 6.07) is 10.1. The average Bonchev–Trinajstić information content (AvgIpc) is 3.27. The van der Waals surface area contributed by atoms with Crippen LogP contribution in [0.15, 0.2) is 41.5 Å². The Morgan fingerprint density at radius 2 is 1.59 bits per heavy atom. The predicted molar refractivity (Wildman–Crippen MR) is 173 cm³/mol. The molecule has 0 radical (unpaired) electrons. The number of hydrogen-bond donors (Lipinski definition) is 1. The van der Waals surface area contributed by atoms with E-state index in [4.69, 9.17) is 4.74 Å². The minimum absolute atomic E-state index is 0.0179. The molecule has 0 spiro atoms. The van der Waals surface area contributed by atoms with Crippen LogP contribution in [0.2, 0.25) is 0 Å². The SMILES string of the molecule is CC(=O)OC1CC[C@]2(C)[C@H]3CC[C@@H]4C5=C(C(C)C)C(=O)C[C@]5(C(=O)NCc5ccccc5)CC[C@@]4(C)[C@]3(C)CC[C@H]2C1(C)C.